The summed E-state index contributed by atoms with van der Waals surface area (Å²) in [6.07, 6.45) is 8.65. The second kappa shape index (κ2) is 6.44. The molecule has 3 rings (SSSR count). The van der Waals surface area contributed by atoms with Crippen molar-refractivity contribution >= 4 is 11.6 Å². The van der Waals surface area contributed by atoms with Crippen LogP contribution in [0.4, 0.5) is 0 Å². The maximum Gasteiger partial charge on any atom is 0.239 e. The molecule has 1 amide bonds. The highest BCUT2D eigenvalue weighted by Crippen LogP contribution is 2.20. The third kappa shape index (κ3) is 2.83. The molecular weight excluding hydrogens is 278 g/mol. The number of hydrogen-bond acceptors (Lipinski definition) is 4. The van der Waals surface area contributed by atoms with Crippen LogP contribution in [0.3, 0.4) is 0 Å². The number of likely N-dealkylation sites (N-methyl/N-ethyl adjacent to an activating group) is 1. The predicted molar refractivity (Wildman–Crippen MR) is 84.3 cm³/mol. The third-order valence-corrected chi connectivity index (χ3v) is 4.38. The molecule has 1 fully saturated rings. The van der Waals surface area contributed by atoms with E-state index in [0.717, 1.165) is 50.1 Å². The highest BCUT2D eigenvalue weighted by atomic mass is 16.2. The van der Waals surface area contributed by atoms with Crippen LogP contribution >= 0.6 is 0 Å². The Morgan fingerprint density at radius 1 is 1.36 bits per heavy atom. The summed E-state index contributed by atoms with van der Waals surface area (Å²) in [6, 6.07) is 1.85. The molecule has 2 aromatic heterocycles. The van der Waals surface area contributed by atoms with Gasteiger partial charge in [-0.1, -0.05) is 19.8 Å². The molecule has 0 aliphatic carbocycles. The normalized spacial score (nSPS) is 20.0. The Kier molecular flexibility index (Phi) is 4.38. The van der Waals surface area contributed by atoms with Gasteiger partial charge in [0.05, 0.1) is 12.2 Å². The van der Waals surface area contributed by atoms with E-state index in [2.05, 4.69) is 21.9 Å². The minimum Gasteiger partial charge on any atom is -0.343 e. The number of rotatable bonds is 5. The maximum atomic E-state index is 12.5. The van der Waals surface area contributed by atoms with Crippen LogP contribution in [0.2, 0.25) is 0 Å². The van der Waals surface area contributed by atoms with Gasteiger partial charge in [-0.15, -0.1) is 0 Å². The van der Waals surface area contributed by atoms with Crippen LogP contribution in [-0.2, 0) is 11.3 Å². The van der Waals surface area contributed by atoms with Gasteiger partial charge in [0.2, 0.25) is 5.91 Å². The quantitative estimate of drug-likeness (QED) is 0.841. The van der Waals surface area contributed by atoms with Crippen LogP contribution in [-0.4, -0.2) is 56.5 Å². The molecule has 0 saturated carbocycles. The summed E-state index contributed by atoms with van der Waals surface area (Å²) >= 11 is 0. The first-order valence-corrected chi connectivity index (χ1v) is 7.97. The van der Waals surface area contributed by atoms with E-state index in [-0.39, 0.29) is 11.9 Å². The molecule has 0 bridgehead atoms. The van der Waals surface area contributed by atoms with Crippen molar-refractivity contribution in [1.29, 1.82) is 0 Å². The lowest BCUT2D eigenvalue weighted by Crippen LogP contribution is -2.55. The highest BCUT2D eigenvalue weighted by molar-refractivity contribution is 5.82. The average molecular weight is 301 g/mol. The van der Waals surface area contributed by atoms with E-state index in [0.29, 0.717) is 0 Å². The Bertz CT molecular complexity index is 653. The van der Waals surface area contributed by atoms with Crippen LogP contribution in [0.1, 0.15) is 31.7 Å². The van der Waals surface area contributed by atoms with Crippen molar-refractivity contribution in [2.45, 2.75) is 38.8 Å². The van der Waals surface area contributed by atoms with Gasteiger partial charge in [0.1, 0.15) is 0 Å². The van der Waals surface area contributed by atoms with E-state index >= 15 is 0 Å². The number of piperazine rings is 1. The smallest absolute Gasteiger partial charge is 0.239 e. The Balaban J connectivity index is 1.81. The fourth-order valence-corrected chi connectivity index (χ4v) is 3.05. The molecule has 1 aliphatic heterocycles. The summed E-state index contributed by atoms with van der Waals surface area (Å²) in [5.41, 5.74) is 1.96. The molecule has 6 nitrogen and oxygen atoms in total. The molecule has 0 radical (unpaired) electrons. The summed E-state index contributed by atoms with van der Waals surface area (Å²) in [4.78, 5) is 21.0. The second-order valence-electron chi connectivity index (χ2n) is 5.95. The molecule has 6 heteroatoms. The first-order valence-electron chi connectivity index (χ1n) is 7.97. The summed E-state index contributed by atoms with van der Waals surface area (Å²) in [6.45, 7) is 4.58. The van der Waals surface area contributed by atoms with E-state index in [9.17, 15) is 4.79 Å². The van der Waals surface area contributed by atoms with Crippen LogP contribution in [0.15, 0.2) is 24.7 Å². The van der Waals surface area contributed by atoms with E-state index in [1.165, 1.54) is 0 Å². The molecule has 1 aliphatic rings. The number of hydrogen-bond donors (Lipinski definition) is 0. The van der Waals surface area contributed by atoms with Crippen LogP contribution in [0.25, 0.3) is 5.65 Å². The van der Waals surface area contributed by atoms with E-state index < -0.39 is 0 Å². The SMILES string of the molecule is CCCCC1C(=O)N(C)CCN1Cc1cnn2cccnc12. The number of carbonyl (C=O) groups excluding carboxylic acids is 1. The topological polar surface area (TPSA) is 53.7 Å². The summed E-state index contributed by atoms with van der Waals surface area (Å²) in [5.74, 6) is 0.240. The predicted octanol–water partition coefficient (Wildman–Crippen LogP) is 1.56. The lowest BCUT2D eigenvalue weighted by atomic mass is 10.0. The Hall–Kier alpha value is -1.95. The fourth-order valence-electron chi connectivity index (χ4n) is 3.05. The first kappa shape index (κ1) is 15.0. The molecule has 0 N–H and O–H groups in total. The van der Waals surface area contributed by atoms with Gasteiger partial charge in [0.25, 0.3) is 0 Å². The molecule has 0 spiro atoms. The van der Waals surface area contributed by atoms with Crippen molar-refractivity contribution in [2.24, 2.45) is 0 Å². The van der Waals surface area contributed by atoms with Gasteiger partial charge in [-0.05, 0) is 12.5 Å². The Morgan fingerprint density at radius 3 is 3.05 bits per heavy atom. The molecule has 2 aromatic rings. The van der Waals surface area contributed by atoms with Crippen LogP contribution in [0.5, 0.6) is 0 Å². The minimum atomic E-state index is -0.0163. The van der Waals surface area contributed by atoms with Crippen molar-refractivity contribution in [3.63, 3.8) is 0 Å². The maximum absolute atomic E-state index is 12.5. The largest absolute Gasteiger partial charge is 0.343 e. The van der Waals surface area contributed by atoms with E-state index in [1.54, 1.807) is 10.7 Å². The molecule has 118 valence electrons. The number of unbranched alkanes of at least 4 members (excludes halogenated alkanes) is 1. The minimum absolute atomic E-state index is 0.0163. The fraction of sp³-hybridized carbons (Fsp3) is 0.562. The second-order valence-corrected chi connectivity index (χ2v) is 5.95. The summed E-state index contributed by atoms with van der Waals surface area (Å²) in [7, 11) is 1.90. The average Bonchev–Trinajstić information content (AvgIpc) is 2.94. The van der Waals surface area contributed by atoms with Crippen molar-refractivity contribution in [2.75, 3.05) is 20.1 Å². The zero-order valence-electron chi connectivity index (χ0n) is 13.3. The van der Waals surface area contributed by atoms with Gasteiger partial charge in [-0.25, -0.2) is 9.50 Å². The zero-order valence-corrected chi connectivity index (χ0v) is 13.3. The lowest BCUT2D eigenvalue weighted by molar-refractivity contribution is -0.140. The monoisotopic (exact) mass is 301 g/mol. The van der Waals surface area contributed by atoms with Gasteiger partial charge in [0.15, 0.2) is 5.65 Å². The molecule has 1 atom stereocenters. The van der Waals surface area contributed by atoms with Crippen molar-refractivity contribution in [1.82, 2.24) is 24.4 Å². The number of aromatic nitrogens is 3. The van der Waals surface area contributed by atoms with E-state index in [4.69, 9.17) is 0 Å². The third-order valence-electron chi connectivity index (χ3n) is 4.38. The summed E-state index contributed by atoms with van der Waals surface area (Å²) in [5, 5.41) is 4.34. The van der Waals surface area contributed by atoms with Gasteiger partial charge in [-0.2, -0.15) is 5.10 Å². The molecule has 1 saturated heterocycles. The number of amides is 1. The van der Waals surface area contributed by atoms with Crippen LogP contribution < -0.4 is 0 Å². The van der Waals surface area contributed by atoms with Gasteiger partial charge < -0.3 is 4.90 Å². The van der Waals surface area contributed by atoms with Gasteiger partial charge in [0, 0.05) is 44.6 Å². The van der Waals surface area contributed by atoms with E-state index in [1.807, 2.05) is 30.4 Å². The summed E-state index contributed by atoms with van der Waals surface area (Å²) < 4.78 is 1.79. The number of carbonyl (C=O) groups is 1. The number of nitrogens with zero attached hydrogens (tertiary/aromatic N) is 5. The molecule has 22 heavy (non-hydrogen) atoms. The van der Waals surface area contributed by atoms with Crippen molar-refractivity contribution < 1.29 is 4.79 Å². The molecule has 0 aromatic carbocycles. The van der Waals surface area contributed by atoms with Crippen molar-refractivity contribution in [3.05, 3.63) is 30.2 Å². The Morgan fingerprint density at radius 2 is 2.23 bits per heavy atom. The molecule has 1 unspecified atom stereocenters. The lowest BCUT2D eigenvalue weighted by Gasteiger charge is -2.39. The molecule has 3 heterocycles. The van der Waals surface area contributed by atoms with Crippen LogP contribution in [0, 0.1) is 0 Å². The first-order chi connectivity index (χ1) is 10.7. The number of fused-ring (bicyclic) bond motifs is 1. The van der Waals surface area contributed by atoms with Gasteiger partial charge >= 0.3 is 0 Å². The van der Waals surface area contributed by atoms with Gasteiger partial charge in [-0.3, -0.25) is 9.69 Å². The molecular formula is C16H23N5O. The Labute approximate surface area is 130 Å². The zero-order chi connectivity index (χ0) is 15.5. The highest BCUT2D eigenvalue weighted by Gasteiger charge is 2.32. The standard InChI is InChI=1S/C16H23N5O/c1-3-4-6-14-16(22)19(2)9-10-20(14)12-13-11-18-21-8-5-7-17-15(13)21/h5,7-8,11,14H,3-4,6,9-10,12H2,1-2H3. The van der Waals surface area contributed by atoms with Crippen molar-refractivity contribution in [3.8, 4) is 0 Å².